The first kappa shape index (κ1) is 75.5. The van der Waals surface area contributed by atoms with E-state index in [1.807, 2.05) is 0 Å². The number of rotatable bonds is 48. The quantitative estimate of drug-likeness (QED) is 0.0382. The molecule has 0 aliphatic carbocycles. The number of nitrogens with one attached hydrogen (secondary N) is 2. The van der Waals surface area contributed by atoms with Gasteiger partial charge >= 0.3 is 0 Å². The second-order valence-electron chi connectivity index (χ2n) is 23.9. The first-order valence-corrected chi connectivity index (χ1v) is 32.5. The molecule has 3 rings (SSSR count). The minimum Gasteiger partial charge on any atom is -0.394 e. The summed E-state index contributed by atoms with van der Waals surface area (Å²) < 4.78 is 35.2. The Morgan fingerprint density at radius 1 is 0.458 bits per heavy atom. The number of carbonyl (C=O) groups is 2. The first-order valence-electron chi connectivity index (χ1n) is 32.5. The van der Waals surface area contributed by atoms with Crippen molar-refractivity contribution in [3.63, 3.8) is 0 Å². The molecule has 0 aromatic carbocycles. The molecule has 0 saturated carbocycles. The van der Waals surface area contributed by atoms with Crippen LogP contribution in [0.25, 0.3) is 0 Å². The maximum absolute atomic E-state index is 13.7. The second kappa shape index (κ2) is 44.6. The van der Waals surface area contributed by atoms with Gasteiger partial charge in [0.1, 0.15) is 85.4 Å². The Kier molecular flexibility index (Phi) is 40.6. The summed E-state index contributed by atoms with van der Waals surface area (Å²) in [7, 11) is 0. The van der Waals surface area contributed by atoms with E-state index >= 15 is 0 Å². The van der Waals surface area contributed by atoms with Crippen molar-refractivity contribution in [1.29, 1.82) is 0 Å². The number of hydrogen-bond donors (Lipinski definition) is 14. The van der Waals surface area contributed by atoms with Crippen LogP contribution in [-0.4, -0.2) is 216 Å². The van der Waals surface area contributed by atoms with E-state index in [2.05, 4.69) is 24.5 Å². The van der Waals surface area contributed by atoms with Crippen LogP contribution in [0, 0.1) is 0 Å². The van der Waals surface area contributed by atoms with Crippen molar-refractivity contribution in [2.45, 2.75) is 349 Å². The van der Waals surface area contributed by atoms with Crippen molar-refractivity contribution in [3.8, 4) is 0 Å². The highest BCUT2D eigenvalue weighted by molar-refractivity contribution is 5.80. The number of ether oxygens (including phenoxy) is 6. The normalized spacial score (nSPS) is 30.0. The Balaban J connectivity index is 1.69. The Bertz CT molecular complexity index is 1630. The number of aliphatic hydroxyl groups excluding tert-OH is 12. The van der Waals surface area contributed by atoms with E-state index in [0.717, 1.165) is 58.3 Å². The van der Waals surface area contributed by atoms with Crippen LogP contribution in [-0.2, 0) is 38.0 Å². The van der Waals surface area contributed by atoms with E-state index in [1.54, 1.807) is 0 Å². The summed E-state index contributed by atoms with van der Waals surface area (Å²) >= 11 is 0. The lowest BCUT2D eigenvalue weighted by molar-refractivity contribution is -0.371. The molecule has 0 radical (unpaired) electrons. The maximum atomic E-state index is 13.7. The molecule has 490 valence electrons. The summed E-state index contributed by atoms with van der Waals surface area (Å²) in [5, 5.41) is 136. The SMILES string of the molecule is CCCCCCCCCCCCCCCCCCCC[C@@H](O)C(=O)N[C@@H](CO[C@H]1O[C@H](CO[C@@H]2O[C@H](CO)[C@H](O)[C@H](O)[C@H]2NC(C)=O)[C@H](O)[C@H](O)[C@H]1O[C@H]1O[C@H](CO)[C@H](O)[C@H](O)[C@H]1O)[C@H](O)[C@H](O)CCCCCCCCCCCCCCC. The minimum absolute atomic E-state index is 0.130. The lowest BCUT2D eigenvalue weighted by Crippen LogP contribution is -2.66. The number of unbranched alkanes of at least 4 members (excludes halogenated alkanes) is 29. The average molecular weight is 1200 g/mol. The molecule has 83 heavy (non-hydrogen) atoms. The van der Waals surface area contributed by atoms with E-state index in [9.17, 15) is 70.9 Å². The fourth-order valence-electron chi connectivity index (χ4n) is 11.3. The van der Waals surface area contributed by atoms with Crippen LogP contribution in [0.3, 0.4) is 0 Å². The zero-order chi connectivity index (χ0) is 60.9. The molecule has 3 aliphatic heterocycles. The Labute approximate surface area is 495 Å². The molecule has 0 unspecified atom stereocenters. The van der Waals surface area contributed by atoms with Gasteiger partial charge in [0.2, 0.25) is 11.8 Å². The number of aliphatic hydroxyl groups is 12. The predicted octanol–water partition coefficient (Wildman–Crippen LogP) is 4.08. The van der Waals surface area contributed by atoms with Crippen LogP contribution >= 0.6 is 0 Å². The summed E-state index contributed by atoms with van der Waals surface area (Å²) in [4.78, 5) is 25.8. The standard InChI is InChI=1S/C61H116N2O20/c1-4-6-8-10-12-14-16-18-19-20-21-22-24-26-28-30-32-34-36-44(68)58(77)63-42(49(69)43(67)35-33-31-29-27-25-23-17-15-13-11-9-7-5-2)39-78-61-57(83-60-56(76)54(74)51(71)46(38-65)81-60)55(75)52(72)47(82-61)40-79-59-48(62-41(3)66)53(73)50(70)45(37-64)80-59/h42-57,59-61,64-65,67-76H,4-40H2,1-3H3,(H,62,66)(H,63,77)/t42-,43+,44+,45+,46+,47+,48+,49-,50-,51-,52-,53+,54-,55-,56+,57+,59+,60+,61-/m0/s1. The molecule has 0 spiro atoms. The molecule has 3 heterocycles. The largest absolute Gasteiger partial charge is 0.394 e. The van der Waals surface area contributed by atoms with E-state index in [1.165, 1.54) is 135 Å². The number of hydrogen-bond acceptors (Lipinski definition) is 20. The number of amides is 2. The van der Waals surface area contributed by atoms with Gasteiger partial charge in [-0.2, -0.15) is 0 Å². The van der Waals surface area contributed by atoms with Gasteiger partial charge in [0.15, 0.2) is 18.9 Å². The predicted molar refractivity (Wildman–Crippen MR) is 310 cm³/mol. The smallest absolute Gasteiger partial charge is 0.249 e. The molecule has 3 fully saturated rings. The van der Waals surface area contributed by atoms with Gasteiger partial charge < -0.3 is 100 Å². The average Bonchev–Trinajstić information content (AvgIpc) is 3.26. The zero-order valence-corrected chi connectivity index (χ0v) is 50.8. The van der Waals surface area contributed by atoms with E-state index < -0.39 is 155 Å². The summed E-state index contributed by atoms with van der Waals surface area (Å²) in [6.45, 7) is 2.66. The van der Waals surface area contributed by atoms with Gasteiger partial charge in [-0.3, -0.25) is 9.59 Å². The third kappa shape index (κ3) is 28.5. The molecular formula is C61H116N2O20. The molecular weight excluding hydrogens is 1080 g/mol. The Morgan fingerprint density at radius 2 is 0.855 bits per heavy atom. The zero-order valence-electron chi connectivity index (χ0n) is 50.8. The highest BCUT2D eigenvalue weighted by Crippen LogP contribution is 2.32. The van der Waals surface area contributed by atoms with Gasteiger partial charge in [-0.15, -0.1) is 0 Å². The lowest BCUT2D eigenvalue weighted by atomic mass is 9.96. The summed E-state index contributed by atoms with van der Waals surface area (Å²) in [6.07, 6.45) is 7.18. The summed E-state index contributed by atoms with van der Waals surface area (Å²) in [6, 6.07) is -2.82. The van der Waals surface area contributed by atoms with E-state index in [0.29, 0.717) is 12.8 Å². The Hall–Kier alpha value is -1.78. The van der Waals surface area contributed by atoms with Gasteiger partial charge in [0.25, 0.3) is 0 Å². The van der Waals surface area contributed by atoms with Crippen LogP contribution in [0.5, 0.6) is 0 Å². The van der Waals surface area contributed by atoms with Crippen LogP contribution in [0.15, 0.2) is 0 Å². The molecule has 19 atom stereocenters. The third-order valence-electron chi connectivity index (χ3n) is 16.8. The molecule has 22 nitrogen and oxygen atoms in total. The van der Waals surface area contributed by atoms with Gasteiger partial charge in [-0.25, -0.2) is 0 Å². The van der Waals surface area contributed by atoms with E-state index in [-0.39, 0.29) is 12.8 Å². The van der Waals surface area contributed by atoms with Crippen molar-refractivity contribution in [3.05, 3.63) is 0 Å². The molecule has 0 bridgehead atoms. The van der Waals surface area contributed by atoms with Crippen LogP contribution < -0.4 is 10.6 Å². The molecule has 3 aliphatic rings. The minimum atomic E-state index is -2.01. The third-order valence-corrected chi connectivity index (χ3v) is 16.8. The van der Waals surface area contributed by atoms with Crippen molar-refractivity contribution < 1.29 is 99.3 Å². The fraction of sp³-hybridized carbons (Fsp3) is 0.967. The van der Waals surface area contributed by atoms with Gasteiger partial charge in [-0.05, 0) is 12.8 Å². The highest BCUT2D eigenvalue weighted by atomic mass is 16.8. The van der Waals surface area contributed by atoms with Crippen LogP contribution in [0.1, 0.15) is 233 Å². The van der Waals surface area contributed by atoms with Gasteiger partial charge in [-0.1, -0.05) is 213 Å². The number of carbonyl (C=O) groups excluding carboxylic acids is 2. The monoisotopic (exact) mass is 1200 g/mol. The molecule has 3 saturated heterocycles. The Morgan fingerprint density at radius 3 is 1.30 bits per heavy atom. The van der Waals surface area contributed by atoms with Gasteiger partial charge in [0, 0.05) is 6.92 Å². The van der Waals surface area contributed by atoms with Crippen molar-refractivity contribution in [2.24, 2.45) is 0 Å². The summed E-state index contributed by atoms with van der Waals surface area (Å²) in [5.74, 6) is -1.48. The molecule has 0 aromatic rings. The van der Waals surface area contributed by atoms with E-state index in [4.69, 9.17) is 28.4 Å². The lowest BCUT2D eigenvalue weighted by Gasteiger charge is -2.47. The summed E-state index contributed by atoms with van der Waals surface area (Å²) in [5.41, 5.74) is 0. The molecule has 2 amide bonds. The van der Waals surface area contributed by atoms with Crippen LogP contribution in [0.4, 0.5) is 0 Å². The fourth-order valence-corrected chi connectivity index (χ4v) is 11.3. The topological polar surface area (TPSA) is 356 Å². The molecule has 14 N–H and O–H groups in total. The second-order valence-corrected chi connectivity index (χ2v) is 23.9. The first-order chi connectivity index (χ1) is 40.0. The van der Waals surface area contributed by atoms with Gasteiger partial charge in [0.05, 0.1) is 38.6 Å². The molecule has 0 aromatic heterocycles. The molecule has 22 heteroatoms. The van der Waals surface area contributed by atoms with Crippen molar-refractivity contribution in [1.82, 2.24) is 10.6 Å². The van der Waals surface area contributed by atoms with Crippen molar-refractivity contribution in [2.75, 3.05) is 26.4 Å². The van der Waals surface area contributed by atoms with Crippen LogP contribution in [0.2, 0.25) is 0 Å². The maximum Gasteiger partial charge on any atom is 0.249 e. The van der Waals surface area contributed by atoms with Crippen molar-refractivity contribution >= 4 is 11.8 Å². The highest BCUT2D eigenvalue weighted by Gasteiger charge is 2.52.